The molecule has 4 N–H and O–H groups in total. The molecule has 0 fully saturated rings. The van der Waals surface area contributed by atoms with Crippen LogP contribution < -0.4 is 11.3 Å². The maximum absolute atomic E-state index is 11.1. The molecule has 1 heterocycles. The molecule has 0 saturated carbocycles. The van der Waals surface area contributed by atoms with E-state index in [0.29, 0.717) is 6.42 Å². The van der Waals surface area contributed by atoms with E-state index in [1.54, 1.807) is 6.92 Å². The summed E-state index contributed by atoms with van der Waals surface area (Å²) in [5, 5.41) is 13.5. The highest BCUT2D eigenvalue weighted by Crippen LogP contribution is 2.26. The molecule has 6 heteroatoms. The van der Waals surface area contributed by atoms with Crippen LogP contribution in [0.3, 0.4) is 0 Å². The van der Waals surface area contributed by atoms with Crippen LogP contribution in [0.1, 0.15) is 42.9 Å². The quantitative estimate of drug-likeness (QED) is 0.379. The molecule has 15 heavy (non-hydrogen) atoms. The number of aliphatic hydroxyl groups is 1. The van der Waals surface area contributed by atoms with Crippen LogP contribution in [0, 0.1) is 0 Å². The maximum atomic E-state index is 11.1. The standard InChI is InChI=1S/C9H15N3O3/c1-3-4-9(2,14)7-5-6(12-15-7)8(13)11-10/h5,14H,3-4,10H2,1-2H3,(H,11,13). The van der Waals surface area contributed by atoms with Gasteiger partial charge in [-0.3, -0.25) is 10.2 Å². The molecule has 0 aliphatic carbocycles. The van der Waals surface area contributed by atoms with Gasteiger partial charge in [-0.15, -0.1) is 0 Å². The summed E-state index contributed by atoms with van der Waals surface area (Å²) >= 11 is 0. The van der Waals surface area contributed by atoms with E-state index in [2.05, 4.69) is 5.16 Å². The lowest BCUT2D eigenvalue weighted by molar-refractivity contribution is 0.0189. The Morgan fingerprint density at radius 3 is 3.00 bits per heavy atom. The minimum absolute atomic E-state index is 0.0591. The molecular formula is C9H15N3O3. The fraction of sp³-hybridized carbons (Fsp3) is 0.556. The van der Waals surface area contributed by atoms with Crippen molar-refractivity contribution in [3.8, 4) is 0 Å². The summed E-state index contributed by atoms with van der Waals surface area (Å²) < 4.78 is 4.89. The van der Waals surface area contributed by atoms with Crippen LogP contribution in [0.2, 0.25) is 0 Å². The fourth-order valence-corrected chi connectivity index (χ4v) is 1.32. The number of hydrogen-bond donors (Lipinski definition) is 3. The van der Waals surface area contributed by atoms with E-state index >= 15 is 0 Å². The Bertz CT molecular complexity index is 346. The lowest BCUT2D eigenvalue weighted by Gasteiger charge is -2.18. The molecule has 0 aliphatic rings. The van der Waals surface area contributed by atoms with Crippen molar-refractivity contribution in [2.45, 2.75) is 32.3 Å². The maximum Gasteiger partial charge on any atom is 0.287 e. The van der Waals surface area contributed by atoms with Gasteiger partial charge >= 0.3 is 0 Å². The Kier molecular flexibility index (Phi) is 3.43. The first-order valence-corrected chi connectivity index (χ1v) is 4.71. The lowest BCUT2D eigenvalue weighted by Crippen LogP contribution is -2.30. The molecule has 84 valence electrons. The highest BCUT2D eigenvalue weighted by atomic mass is 16.5. The van der Waals surface area contributed by atoms with Gasteiger partial charge in [0.05, 0.1) is 0 Å². The molecule has 1 rings (SSSR count). The van der Waals surface area contributed by atoms with E-state index in [1.807, 2.05) is 12.3 Å². The topological polar surface area (TPSA) is 101 Å². The molecule has 1 atom stereocenters. The third-order valence-electron chi connectivity index (χ3n) is 2.14. The summed E-state index contributed by atoms with van der Waals surface area (Å²) in [5.41, 5.74) is 0.892. The number of carbonyl (C=O) groups excluding carboxylic acids is 1. The third-order valence-corrected chi connectivity index (χ3v) is 2.14. The van der Waals surface area contributed by atoms with Crippen LogP contribution in [0.4, 0.5) is 0 Å². The Labute approximate surface area is 87.4 Å². The number of rotatable bonds is 4. The van der Waals surface area contributed by atoms with Gasteiger partial charge in [0.2, 0.25) is 0 Å². The lowest BCUT2D eigenvalue weighted by atomic mass is 9.97. The van der Waals surface area contributed by atoms with Gasteiger partial charge in [0.1, 0.15) is 5.60 Å². The highest BCUT2D eigenvalue weighted by Gasteiger charge is 2.28. The largest absolute Gasteiger partial charge is 0.382 e. The van der Waals surface area contributed by atoms with Gasteiger partial charge < -0.3 is 9.63 Å². The summed E-state index contributed by atoms with van der Waals surface area (Å²) in [6, 6.07) is 1.39. The van der Waals surface area contributed by atoms with E-state index in [0.717, 1.165) is 6.42 Å². The fourth-order valence-electron chi connectivity index (χ4n) is 1.32. The molecule has 6 nitrogen and oxygen atoms in total. The number of nitrogen functional groups attached to an aromatic ring is 1. The van der Waals surface area contributed by atoms with Crippen LogP contribution in [0.25, 0.3) is 0 Å². The van der Waals surface area contributed by atoms with Crippen LogP contribution in [-0.4, -0.2) is 16.2 Å². The minimum atomic E-state index is -1.10. The van der Waals surface area contributed by atoms with Crippen molar-refractivity contribution in [3.63, 3.8) is 0 Å². The van der Waals surface area contributed by atoms with E-state index in [4.69, 9.17) is 10.4 Å². The van der Waals surface area contributed by atoms with Crippen molar-refractivity contribution < 1.29 is 14.4 Å². The van der Waals surface area contributed by atoms with Crippen molar-refractivity contribution in [1.29, 1.82) is 0 Å². The average molecular weight is 213 g/mol. The summed E-state index contributed by atoms with van der Waals surface area (Å²) in [7, 11) is 0. The third kappa shape index (κ3) is 2.54. The van der Waals surface area contributed by atoms with Crippen LogP contribution in [0.5, 0.6) is 0 Å². The highest BCUT2D eigenvalue weighted by molar-refractivity contribution is 5.91. The smallest absolute Gasteiger partial charge is 0.287 e. The molecule has 0 spiro atoms. The SMILES string of the molecule is CCCC(C)(O)c1cc(C(=O)NN)no1. The summed E-state index contributed by atoms with van der Waals surface area (Å²) in [6.45, 7) is 3.56. The molecule has 1 aromatic rings. The van der Waals surface area contributed by atoms with Gasteiger partial charge in [-0.1, -0.05) is 18.5 Å². The number of hydrazine groups is 1. The zero-order valence-corrected chi connectivity index (χ0v) is 8.78. The molecule has 0 saturated heterocycles. The zero-order valence-electron chi connectivity index (χ0n) is 8.78. The van der Waals surface area contributed by atoms with E-state index < -0.39 is 11.5 Å². The first-order valence-electron chi connectivity index (χ1n) is 4.71. The second-order valence-electron chi connectivity index (χ2n) is 3.57. The molecule has 1 unspecified atom stereocenters. The monoisotopic (exact) mass is 213 g/mol. The van der Waals surface area contributed by atoms with Crippen molar-refractivity contribution in [2.75, 3.05) is 0 Å². The molecular weight excluding hydrogens is 198 g/mol. The second-order valence-corrected chi connectivity index (χ2v) is 3.57. The number of nitrogens with two attached hydrogens (primary N) is 1. The van der Waals surface area contributed by atoms with Crippen molar-refractivity contribution >= 4 is 5.91 Å². The number of aromatic nitrogens is 1. The normalized spacial score (nSPS) is 14.7. The van der Waals surface area contributed by atoms with Gasteiger partial charge in [-0.25, -0.2) is 5.84 Å². The number of amides is 1. The van der Waals surface area contributed by atoms with Crippen molar-refractivity contribution in [3.05, 3.63) is 17.5 Å². The van der Waals surface area contributed by atoms with E-state index in [1.165, 1.54) is 6.07 Å². The Morgan fingerprint density at radius 2 is 2.47 bits per heavy atom. The van der Waals surface area contributed by atoms with Gasteiger partial charge in [0.15, 0.2) is 11.5 Å². The Balaban J connectivity index is 2.88. The van der Waals surface area contributed by atoms with Crippen molar-refractivity contribution in [1.82, 2.24) is 10.6 Å². The van der Waals surface area contributed by atoms with Gasteiger partial charge in [-0.05, 0) is 13.3 Å². The van der Waals surface area contributed by atoms with Crippen LogP contribution >= 0.6 is 0 Å². The zero-order chi connectivity index (χ0) is 11.5. The molecule has 0 radical (unpaired) electrons. The molecule has 1 aromatic heterocycles. The number of hydrogen-bond acceptors (Lipinski definition) is 5. The molecule has 0 aliphatic heterocycles. The Morgan fingerprint density at radius 1 is 1.80 bits per heavy atom. The first kappa shape index (κ1) is 11.7. The summed E-state index contributed by atoms with van der Waals surface area (Å²) in [6.07, 6.45) is 1.33. The molecule has 1 amide bonds. The van der Waals surface area contributed by atoms with Gasteiger partial charge in [0, 0.05) is 6.07 Å². The number of carbonyl (C=O) groups is 1. The van der Waals surface area contributed by atoms with E-state index in [9.17, 15) is 9.90 Å². The minimum Gasteiger partial charge on any atom is -0.382 e. The summed E-state index contributed by atoms with van der Waals surface area (Å²) in [4.78, 5) is 11.1. The number of nitrogens with zero attached hydrogens (tertiary/aromatic N) is 1. The first-order chi connectivity index (χ1) is 7.01. The number of nitrogens with one attached hydrogen (secondary N) is 1. The molecule has 0 aromatic carbocycles. The predicted octanol–water partition coefficient (Wildman–Crippen LogP) is 0.286. The summed E-state index contributed by atoms with van der Waals surface area (Å²) in [5.74, 6) is 4.66. The Hall–Kier alpha value is -1.40. The average Bonchev–Trinajstić information content (AvgIpc) is 2.66. The second kappa shape index (κ2) is 4.41. The van der Waals surface area contributed by atoms with Crippen molar-refractivity contribution in [2.24, 2.45) is 5.84 Å². The van der Waals surface area contributed by atoms with Gasteiger partial charge in [-0.2, -0.15) is 0 Å². The van der Waals surface area contributed by atoms with Gasteiger partial charge in [0.25, 0.3) is 5.91 Å². The predicted molar refractivity (Wildman–Crippen MR) is 52.6 cm³/mol. The van der Waals surface area contributed by atoms with Crippen LogP contribution in [-0.2, 0) is 5.60 Å². The van der Waals surface area contributed by atoms with Crippen LogP contribution in [0.15, 0.2) is 10.6 Å². The molecule has 0 bridgehead atoms. The van der Waals surface area contributed by atoms with E-state index in [-0.39, 0.29) is 11.5 Å².